The Hall–Kier alpha value is -1.24. The zero-order valence-electron chi connectivity index (χ0n) is 13.0. The van der Waals surface area contributed by atoms with Crippen molar-refractivity contribution in [2.24, 2.45) is 5.92 Å². The minimum absolute atomic E-state index is 0.0399. The molecule has 2 N–H and O–H groups in total. The number of fused-ring (bicyclic) bond motifs is 1. The number of piperidine rings is 1. The van der Waals surface area contributed by atoms with Crippen molar-refractivity contribution in [3.63, 3.8) is 0 Å². The summed E-state index contributed by atoms with van der Waals surface area (Å²) in [4.78, 5) is 0. The van der Waals surface area contributed by atoms with Gasteiger partial charge in [0.2, 0.25) is 0 Å². The molecule has 4 nitrogen and oxygen atoms in total. The molecule has 1 aromatic heterocycles. The van der Waals surface area contributed by atoms with Gasteiger partial charge in [0.15, 0.2) is 6.04 Å². The third kappa shape index (κ3) is 2.95. The lowest BCUT2D eigenvalue weighted by molar-refractivity contribution is -0.174. The third-order valence-electron chi connectivity index (χ3n) is 4.76. The van der Waals surface area contributed by atoms with Crippen LogP contribution in [0.1, 0.15) is 50.8 Å². The van der Waals surface area contributed by atoms with Gasteiger partial charge in [-0.15, -0.1) is 0 Å². The van der Waals surface area contributed by atoms with Crippen LogP contribution in [-0.4, -0.2) is 35.1 Å². The predicted molar refractivity (Wildman–Crippen MR) is 79.0 cm³/mol. The van der Waals surface area contributed by atoms with Crippen molar-refractivity contribution < 1.29 is 13.2 Å². The molecule has 0 spiro atoms. The van der Waals surface area contributed by atoms with Crippen LogP contribution in [0.4, 0.5) is 19.0 Å². The summed E-state index contributed by atoms with van der Waals surface area (Å²) in [6, 6.07) is 0.111. The molecule has 124 valence electrons. The van der Waals surface area contributed by atoms with Gasteiger partial charge < -0.3 is 10.6 Å². The molecule has 0 aliphatic carbocycles. The molecule has 3 rings (SSSR count). The number of rotatable bonds is 2. The van der Waals surface area contributed by atoms with E-state index in [1.165, 1.54) is 0 Å². The van der Waals surface area contributed by atoms with Crippen LogP contribution >= 0.6 is 0 Å². The van der Waals surface area contributed by atoms with Crippen molar-refractivity contribution in [2.75, 3.05) is 18.4 Å². The summed E-state index contributed by atoms with van der Waals surface area (Å²) < 4.78 is 41.4. The summed E-state index contributed by atoms with van der Waals surface area (Å²) in [6.45, 7) is 5.66. The Morgan fingerprint density at radius 3 is 2.73 bits per heavy atom. The first kappa shape index (κ1) is 15.6. The van der Waals surface area contributed by atoms with Crippen molar-refractivity contribution in [3.05, 3.63) is 11.8 Å². The van der Waals surface area contributed by atoms with E-state index in [0.29, 0.717) is 5.82 Å². The second kappa shape index (κ2) is 5.76. The summed E-state index contributed by atoms with van der Waals surface area (Å²) in [7, 11) is 0. The van der Waals surface area contributed by atoms with Crippen LogP contribution in [0.15, 0.2) is 6.07 Å². The highest BCUT2D eigenvalue weighted by atomic mass is 19.4. The molecular weight excluding hydrogens is 293 g/mol. The van der Waals surface area contributed by atoms with E-state index >= 15 is 0 Å². The SMILES string of the molecule is CC(C)[C@@H]1C[C@H](C(F)(F)F)n2nc(C3CCCNC3)cc2N1. The summed E-state index contributed by atoms with van der Waals surface area (Å²) in [5, 5.41) is 10.8. The number of nitrogens with one attached hydrogen (secondary N) is 2. The molecule has 7 heteroatoms. The molecule has 1 saturated heterocycles. The van der Waals surface area contributed by atoms with E-state index in [0.717, 1.165) is 36.3 Å². The maximum absolute atomic E-state index is 13.4. The maximum Gasteiger partial charge on any atom is 0.410 e. The number of anilines is 1. The van der Waals surface area contributed by atoms with Crippen LogP contribution in [0, 0.1) is 5.92 Å². The highest BCUT2D eigenvalue weighted by Crippen LogP contribution is 2.41. The van der Waals surface area contributed by atoms with Gasteiger partial charge in [-0.1, -0.05) is 13.8 Å². The molecule has 3 atom stereocenters. The van der Waals surface area contributed by atoms with Gasteiger partial charge in [-0.25, -0.2) is 4.68 Å². The lowest BCUT2D eigenvalue weighted by atomic mass is 9.94. The van der Waals surface area contributed by atoms with E-state index in [2.05, 4.69) is 15.7 Å². The van der Waals surface area contributed by atoms with Gasteiger partial charge in [0.25, 0.3) is 0 Å². The van der Waals surface area contributed by atoms with Crippen molar-refractivity contribution in [2.45, 2.75) is 57.3 Å². The highest BCUT2D eigenvalue weighted by molar-refractivity contribution is 5.42. The van der Waals surface area contributed by atoms with Crippen LogP contribution in [0.5, 0.6) is 0 Å². The first-order valence-corrected chi connectivity index (χ1v) is 7.99. The van der Waals surface area contributed by atoms with Gasteiger partial charge in [-0.3, -0.25) is 0 Å². The molecule has 22 heavy (non-hydrogen) atoms. The second-order valence-electron chi connectivity index (χ2n) is 6.73. The molecule has 0 bridgehead atoms. The third-order valence-corrected chi connectivity index (χ3v) is 4.76. The average Bonchev–Trinajstić information content (AvgIpc) is 2.89. The molecule has 0 saturated carbocycles. The number of hydrogen-bond acceptors (Lipinski definition) is 3. The Labute approximate surface area is 128 Å². The van der Waals surface area contributed by atoms with Crippen LogP contribution in [-0.2, 0) is 0 Å². The van der Waals surface area contributed by atoms with Crippen LogP contribution in [0.25, 0.3) is 0 Å². The number of halogens is 3. The lowest BCUT2D eigenvalue weighted by Gasteiger charge is -2.35. The van der Waals surface area contributed by atoms with E-state index in [4.69, 9.17) is 0 Å². The zero-order valence-corrected chi connectivity index (χ0v) is 13.0. The van der Waals surface area contributed by atoms with Gasteiger partial charge >= 0.3 is 6.18 Å². The average molecular weight is 316 g/mol. The van der Waals surface area contributed by atoms with Gasteiger partial charge in [-0.2, -0.15) is 18.3 Å². The van der Waals surface area contributed by atoms with E-state index in [-0.39, 0.29) is 24.3 Å². The fourth-order valence-electron chi connectivity index (χ4n) is 3.36. The molecule has 0 aromatic carbocycles. The number of aromatic nitrogens is 2. The fourth-order valence-corrected chi connectivity index (χ4v) is 3.36. The lowest BCUT2D eigenvalue weighted by Crippen LogP contribution is -2.41. The van der Waals surface area contributed by atoms with E-state index in [1.807, 2.05) is 19.9 Å². The van der Waals surface area contributed by atoms with Crippen LogP contribution < -0.4 is 10.6 Å². The Morgan fingerprint density at radius 2 is 2.14 bits per heavy atom. The van der Waals surface area contributed by atoms with Crippen molar-refractivity contribution >= 4 is 5.82 Å². The molecular formula is C15H23F3N4. The smallest absolute Gasteiger partial charge is 0.367 e. The summed E-state index contributed by atoms with van der Waals surface area (Å²) >= 11 is 0. The molecule has 1 fully saturated rings. The minimum atomic E-state index is -4.27. The monoisotopic (exact) mass is 316 g/mol. The summed E-state index contributed by atoms with van der Waals surface area (Å²) in [5.74, 6) is 0.862. The molecule has 0 radical (unpaired) electrons. The first-order chi connectivity index (χ1) is 10.4. The standard InChI is InChI=1S/C15H23F3N4/c1-9(2)11-6-13(15(16,17)18)22-14(20-11)7-12(21-22)10-4-3-5-19-8-10/h7,9-11,13,19-20H,3-6,8H2,1-2H3/t10?,11-,13+/m0/s1. The molecule has 2 aliphatic rings. The van der Waals surface area contributed by atoms with Crippen LogP contribution in [0.3, 0.4) is 0 Å². The van der Waals surface area contributed by atoms with E-state index < -0.39 is 12.2 Å². The van der Waals surface area contributed by atoms with E-state index in [9.17, 15) is 13.2 Å². The summed E-state index contributed by atoms with van der Waals surface area (Å²) in [6.07, 6.45) is -2.21. The van der Waals surface area contributed by atoms with Crippen molar-refractivity contribution in [1.29, 1.82) is 0 Å². The highest BCUT2D eigenvalue weighted by Gasteiger charge is 2.46. The topological polar surface area (TPSA) is 41.9 Å². The second-order valence-corrected chi connectivity index (χ2v) is 6.73. The Morgan fingerprint density at radius 1 is 1.36 bits per heavy atom. The Kier molecular flexibility index (Phi) is 4.09. The Balaban J connectivity index is 1.92. The minimum Gasteiger partial charge on any atom is -0.367 e. The fraction of sp³-hybridized carbons (Fsp3) is 0.800. The quantitative estimate of drug-likeness (QED) is 0.880. The predicted octanol–water partition coefficient (Wildman–Crippen LogP) is 3.29. The van der Waals surface area contributed by atoms with Crippen molar-refractivity contribution in [1.82, 2.24) is 15.1 Å². The first-order valence-electron chi connectivity index (χ1n) is 7.99. The number of alkyl halides is 3. The largest absolute Gasteiger partial charge is 0.410 e. The number of nitrogens with zero attached hydrogens (tertiary/aromatic N) is 2. The Bertz CT molecular complexity index is 517. The molecule has 0 amide bonds. The summed E-state index contributed by atoms with van der Waals surface area (Å²) in [5.41, 5.74) is 0.772. The molecule has 3 heterocycles. The normalized spacial score (nSPS) is 29.3. The van der Waals surface area contributed by atoms with Crippen LogP contribution in [0.2, 0.25) is 0 Å². The number of hydrogen-bond donors (Lipinski definition) is 2. The van der Waals surface area contributed by atoms with Gasteiger partial charge in [0.1, 0.15) is 5.82 Å². The molecule has 2 aliphatic heterocycles. The molecule has 1 unspecified atom stereocenters. The maximum atomic E-state index is 13.4. The molecule has 1 aromatic rings. The van der Waals surface area contributed by atoms with Gasteiger partial charge in [0.05, 0.1) is 5.69 Å². The zero-order chi connectivity index (χ0) is 15.9. The van der Waals surface area contributed by atoms with E-state index in [1.54, 1.807) is 0 Å². The van der Waals surface area contributed by atoms with Gasteiger partial charge in [0, 0.05) is 24.6 Å². The van der Waals surface area contributed by atoms with Gasteiger partial charge in [-0.05, 0) is 31.7 Å². The van der Waals surface area contributed by atoms with Crippen molar-refractivity contribution in [3.8, 4) is 0 Å².